The molecule has 6 nitrogen and oxygen atoms in total. The molecule has 2 heterocycles. The minimum atomic E-state index is -0.270. The van der Waals surface area contributed by atoms with Crippen LogP contribution < -0.4 is 21.6 Å². The maximum Gasteiger partial charge on any atom is 0.264 e. The first-order chi connectivity index (χ1) is 22.6. The van der Waals surface area contributed by atoms with Gasteiger partial charge in [-0.1, -0.05) is 109 Å². The van der Waals surface area contributed by atoms with Crippen molar-refractivity contribution in [1.29, 1.82) is 10.5 Å². The van der Waals surface area contributed by atoms with Gasteiger partial charge in [-0.05, 0) is 41.6 Å². The second kappa shape index (κ2) is 11.7. The SMILES string of the molecule is N#CC(C#N)=c1ccc(=C(c2c3cccccc-3n(-c3ccccc3)c2=O)c2c3cccccc-3n(-c3ccccc3)c2=O)cc1. The van der Waals surface area contributed by atoms with Crippen LogP contribution >= 0.6 is 0 Å². The van der Waals surface area contributed by atoms with Crippen LogP contribution in [0.4, 0.5) is 0 Å². The number of hydrogen-bond donors (Lipinski definition) is 0. The van der Waals surface area contributed by atoms with E-state index in [0.717, 1.165) is 0 Å². The van der Waals surface area contributed by atoms with Crippen LogP contribution in [0.15, 0.2) is 155 Å². The van der Waals surface area contributed by atoms with Crippen molar-refractivity contribution in [3.8, 4) is 46.0 Å². The van der Waals surface area contributed by atoms with Crippen molar-refractivity contribution in [3.05, 3.63) is 188 Å². The fourth-order valence-corrected chi connectivity index (χ4v) is 6.08. The highest BCUT2D eigenvalue weighted by atomic mass is 16.1. The molecule has 3 aromatic carbocycles. The Morgan fingerprint density at radius 1 is 0.457 bits per heavy atom. The maximum atomic E-state index is 14.8. The van der Waals surface area contributed by atoms with Gasteiger partial charge in [-0.3, -0.25) is 18.7 Å². The average Bonchev–Trinajstić information content (AvgIpc) is 3.28. The summed E-state index contributed by atoms with van der Waals surface area (Å²) in [7, 11) is 0. The van der Waals surface area contributed by atoms with Gasteiger partial charge in [0.15, 0.2) is 0 Å². The number of aromatic nitrogens is 2. The molecule has 216 valence electrons. The van der Waals surface area contributed by atoms with Gasteiger partial charge in [0.1, 0.15) is 17.7 Å². The molecule has 7 rings (SSSR count). The van der Waals surface area contributed by atoms with Crippen molar-refractivity contribution in [3.63, 3.8) is 0 Å². The Labute approximate surface area is 264 Å². The predicted molar refractivity (Wildman–Crippen MR) is 179 cm³/mol. The van der Waals surface area contributed by atoms with Gasteiger partial charge in [-0.25, -0.2) is 0 Å². The van der Waals surface area contributed by atoms with Crippen LogP contribution in [0.2, 0.25) is 0 Å². The largest absolute Gasteiger partial charge is 0.276 e. The van der Waals surface area contributed by atoms with Gasteiger partial charge in [0.25, 0.3) is 11.1 Å². The molecule has 0 spiro atoms. The molecule has 3 aromatic rings. The summed E-state index contributed by atoms with van der Waals surface area (Å²) in [5.41, 5.74) is 4.81. The van der Waals surface area contributed by atoms with Crippen LogP contribution in [0, 0.1) is 22.7 Å². The summed E-state index contributed by atoms with van der Waals surface area (Å²) in [6.45, 7) is 0. The molecule has 0 saturated carbocycles. The molecule has 4 aliphatic rings. The first-order valence-electron chi connectivity index (χ1n) is 14.7. The highest BCUT2D eigenvalue weighted by molar-refractivity contribution is 5.95. The lowest BCUT2D eigenvalue weighted by molar-refractivity contribution is 1.03. The molecule has 2 aliphatic heterocycles. The lowest BCUT2D eigenvalue weighted by Gasteiger charge is -2.07. The molecule has 0 atom stereocenters. The zero-order valence-electron chi connectivity index (χ0n) is 24.5. The predicted octanol–water partition coefficient (Wildman–Crippen LogP) is 5.64. The summed E-state index contributed by atoms with van der Waals surface area (Å²) in [5.74, 6) is 0. The summed E-state index contributed by atoms with van der Waals surface area (Å²) in [4.78, 5) is 29.6. The van der Waals surface area contributed by atoms with Gasteiger partial charge in [0.05, 0.1) is 22.5 Å². The van der Waals surface area contributed by atoms with Crippen molar-refractivity contribution in [2.45, 2.75) is 0 Å². The highest BCUT2D eigenvalue weighted by Crippen LogP contribution is 2.37. The van der Waals surface area contributed by atoms with Gasteiger partial charge in [0, 0.05) is 33.3 Å². The van der Waals surface area contributed by atoms with E-state index < -0.39 is 0 Å². The molecule has 0 aromatic heterocycles. The number of hydrogen-bond acceptors (Lipinski definition) is 4. The summed E-state index contributed by atoms with van der Waals surface area (Å²) in [6.07, 6.45) is 0. The monoisotopic (exact) mass is 592 g/mol. The molecule has 0 radical (unpaired) electrons. The Kier molecular flexibility index (Phi) is 7.15. The maximum absolute atomic E-state index is 14.8. The van der Waals surface area contributed by atoms with Crippen LogP contribution in [0.1, 0.15) is 11.1 Å². The topological polar surface area (TPSA) is 91.6 Å². The summed E-state index contributed by atoms with van der Waals surface area (Å²) in [5, 5.41) is 20.0. The summed E-state index contributed by atoms with van der Waals surface area (Å²) >= 11 is 0. The second-order valence-electron chi connectivity index (χ2n) is 10.7. The van der Waals surface area contributed by atoms with Crippen LogP contribution in [-0.4, -0.2) is 9.13 Å². The van der Waals surface area contributed by atoms with E-state index in [1.165, 1.54) is 0 Å². The number of fused-ring (bicyclic) bond motifs is 2. The zero-order valence-corrected chi connectivity index (χ0v) is 24.5. The standard InChI is InChI=1S/C40H24N4O2/c41-25-29(26-42)27-21-23-28(24-22-27)36(37-32-17-9-3-11-19-34(32)43(39(37)45)30-13-5-1-6-14-30)38-33-18-10-4-12-20-35(33)44(40(38)46)31-15-7-2-8-16-31/h1-24H. The molecule has 6 heteroatoms. The van der Waals surface area contributed by atoms with Crippen LogP contribution in [0.3, 0.4) is 0 Å². The van der Waals surface area contributed by atoms with E-state index in [0.29, 0.717) is 61.0 Å². The Morgan fingerprint density at radius 3 is 1.24 bits per heavy atom. The van der Waals surface area contributed by atoms with Crippen LogP contribution in [0.5, 0.6) is 0 Å². The van der Waals surface area contributed by atoms with Gasteiger partial charge in [-0.15, -0.1) is 0 Å². The second-order valence-corrected chi connectivity index (χ2v) is 10.7. The summed E-state index contributed by atoms with van der Waals surface area (Å²) in [6, 6.07) is 48.6. The van der Waals surface area contributed by atoms with Crippen molar-refractivity contribution in [1.82, 2.24) is 9.13 Å². The number of para-hydroxylation sites is 2. The third kappa shape index (κ3) is 4.59. The lowest BCUT2D eigenvalue weighted by atomic mass is 9.92. The Morgan fingerprint density at radius 2 is 0.826 bits per heavy atom. The van der Waals surface area contributed by atoms with Gasteiger partial charge < -0.3 is 0 Å². The third-order valence-electron chi connectivity index (χ3n) is 8.10. The van der Waals surface area contributed by atoms with E-state index in [9.17, 15) is 20.1 Å². The van der Waals surface area contributed by atoms with Gasteiger partial charge >= 0.3 is 0 Å². The molecule has 0 unspecified atom stereocenters. The molecule has 0 amide bonds. The first kappa shape index (κ1) is 28.0. The van der Waals surface area contributed by atoms with Gasteiger partial charge in [-0.2, -0.15) is 10.5 Å². The highest BCUT2D eigenvalue weighted by Gasteiger charge is 2.30. The minimum absolute atomic E-state index is 0.0254. The number of benzene rings is 3. The smallest absolute Gasteiger partial charge is 0.264 e. The van der Waals surface area contributed by atoms with E-state index in [-0.39, 0.29) is 16.7 Å². The van der Waals surface area contributed by atoms with E-state index in [2.05, 4.69) is 0 Å². The Balaban J connectivity index is 1.69. The van der Waals surface area contributed by atoms with E-state index in [1.807, 2.05) is 133 Å². The fraction of sp³-hybridized carbons (Fsp3) is 0. The van der Waals surface area contributed by atoms with Gasteiger partial charge in [0.2, 0.25) is 0 Å². The third-order valence-corrected chi connectivity index (χ3v) is 8.10. The summed E-state index contributed by atoms with van der Waals surface area (Å²) < 4.78 is 3.36. The molecule has 0 saturated heterocycles. The number of nitriles is 2. The molecule has 0 N–H and O–H groups in total. The fourth-order valence-electron chi connectivity index (χ4n) is 6.08. The Hall–Kier alpha value is -6.76. The van der Waals surface area contributed by atoms with E-state index in [1.54, 1.807) is 33.4 Å². The Bertz CT molecular complexity index is 2360. The normalized spacial score (nSPS) is 10.7. The first-order valence-corrected chi connectivity index (χ1v) is 14.7. The molecule has 46 heavy (non-hydrogen) atoms. The number of nitrogens with zero attached hydrogens (tertiary/aromatic N) is 4. The van der Waals surface area contributed by atoms with Crippen molar-refractivity contribution in [2.75, 3.05) is 0 Å². The molecule has 2 aliphatic carbocycles. The minimum Gasteiger partial charge on any atom is -0.276 e. The molecular weight excluding hydrogens is 568 g/mol. The van der Waals surface area contributed by atoms with Crippen LogP contribution in [0.25, 0.3) is 45.0 Å². The lowest BCUT2D eigenvalue weighted by Crippen LogP contribution is -2.24. The molecule has 0 bridgehead atoms. The average molecular weight is 593 g/mol. The van der Waals surface area contributed by atoms with Crippen molar-refractivity contribution >= 4 is 11.1 Å². The zero-order chi connectivity index (χ0) is 31.6. The number of rotatable bonds is 4. The molecular formula is C40H24N4O2. The van der Waals surface area contributed by atoms with Crippen LogP contribution in [-0.2, 0) is 0 Å². The molecule has 0 fully saturated rings. The van der Waals surface area contributed by atoms with E-state index >= 15 is 0 Å². The van der Waals surface area contributed by atoms with Crippen molar-refractivity contribution < 1.29 is 0 Å². The quantitative estimate of drug-likeness (QED) is 0.264. The van der Waals surface area contributed by atoms with Crippen molar-refractivity contribution in [2.24, 2.45) is 0 Å². The van der Waals surface area contributed by atoms with E-state index in [4.69, 9.17) is 0 Å².